The van der Waals surface area contributed by atoms with Crippen molar-refractivity contribution >= 4 is 11.8 Å². The summed E-state index contributed by atoms with van der Waals surface area (Å²) < 4.78 is 6.23. The normalized spacial score (nSPS) is 11.4. The van der Waals surface area contributed by atoms with Crippen molar-refractivity contribution < 1.29 is 14.0 Å². The van der Waals surface area contributed by atoms with Crippen LogP contribution >= 0.6 is 0 Å². The lowest BCUT2D eigenvalue weighted by atomic mass is 10.1. The Morgan fingerprint density at radius 2 is 1.31 bits per heavy atom. The van der Waals surface area contributed by atoms with Gasteiger partial charge in [-0.2, -0.15) is 0 Å². The van der Waals surface area contributed by atoms with E-state index in [-0.39, 0.29) is 6.09 Å². The number of amides is 1. The standard InChI is InChI=1S/C25H44N2O2/c1-4-5-6-7-8-9-10-11-12-13-14-18-21-27(2,3)22-23-29-25(28)26-24-19-16-15-17-20-24/h15-17,19-20H,4-14,18,21-23H2,1-3H3/p+1. The zero-order valence-electron chi connectivity index (χ0n) is 19.3. The van der Waals surface area contributed by atoms with Crippen LogP contribution in [0.1, 0.15) is 84.0 Å². The largest absolute Gasteiger partial charge is 0.443 e. The van der Waals surface area contributed by atoms with Gasteiger partial charge in [-0.15, -0.1) is 0 Å². The smallest absolute Gasteiger partial charge is 0.411 e. The Kier molecular flexibility index (Phi) is 14.3. The fraction of sp³-hybridized carbons (Fsp3) is 0.720. The van der Waals surface area contributed by atoms with Crippen LogP contribution in [-0.4, -0.2) is 44.4 Å². The summed E-state index contributed by atoms with van der Waals surface area (Å²) in [6.45, 7) is 4.71. The monoisotopic (exact) mass is 405 g/mol. The molecule has 1 aromatic carbocycles. The fourth-order valence-electron chi connectivity index (χ4n) is 3.55. The van der Waals surface area contributed by atoms with Crippen molar-refractivity contribution in [3.05, 3.63) is 30.3 Å². The van der Waals surface area contributed by atoms with Crippen LogP contribution in [0, 0.1) is 0 Å². The summed E-state index contributed by atoms with van der Waals surface area (Å²) >= 11 is 0. The first kappa shape index (κ1) is 25.5. The van der Waals surface area contributed by atoms with E-state index in [1.54, 1.807) is 0 Å². The highest BCUT2D eigenvalue weighted by Crippen LogP contribution is 2.13. The average Bonchev–Trinajstić information content (AvgIpc) is 2.69. The molecular weight excluding hydrogens is 360 g/mol. The van der Waals surface area contributed by atoms with Crippen molar-refractivity contribution in [2.45, 2.75) is 84.0 Å². The molecule has 1 rings (SSSR count). The number of unbranched alkanes of at least 4 members (excludes halogenated alkanes) is 11. The Hall–Kier alpha value is -1.55. The Bertz CT molecular complexity index is 517. The second kappa shape index (κ2) is 16.3. The first-order valence-electron chi connectivity index (χ1n) is 11.8. The first-order valence-corrected chi connectivity index (χ1v) is 11.8. The molecule has 0 atom stereocenters. The molecule has 0 aliphatic heterocycles. The predicted molar refractivity (Wildman–Crippen MR) is 124 cm³/mol. The highest BCUT2D eigenvalue weighted by atomic mass is 16.5. The molecule has 0 aliphatic rings. The van der Waals surface area contributed by atoms with Crippen LogP contribution in [0.5, 0.6) is 0 Å². The van der Waals surface area contributed by atoms with Gasteiger partial charge in [0.1, 0.15) is 13.2 Å². The molecule has 0 aromatic heterocycles. The van der Waals surface area contributed by atoms with E-state index in [0.717, 1.165) is 23.3 Å². The summed E-state index contributed by atoms with van der Waals surface area (Å²) in [5, 5.41) is 2.75. The molecule has 166 valence electrons. The van der Waals surface area contributed by atoms with Crippen molar-refractivity contribution in [2.75, 3.05) is 39.1 Å². The average molecular weight is 406 g/mol. The predicted octanol–water partition coefficient (Wildman–Crippen LogP) is 7.01. The van der Waals surface area contributed by atoms with Gasteiger partial charge in [0.25, 0.3) is 0 Å². The molecule has 1 N–H and O–H groups in total. The summed E-state index contributed by atoms with van der Waals surface area (Å²) in [7, 11) is 4.44. The molecule has 0 saturated heterocycles. The van der Waals surface area contributed by atoms with E-state index in [0.29, 0.717) is 6.61 Å². The third kappa shape index (κ3) is 15.0. The number of ether oxygens (including phenoxy) is 1. The van der Waals surface area contributed by atoms with Crippen molar-refractivity contribution in [1.29, 1.82) is 0 Å². The minimum absolute atomic E-state index is 0.374. The third-order valence-corrected chi connectivity index (χ3v) is 5.57. The second-order valence-electron chi connectivity index (χ2n) is 8.90. The highest BCUT2D eigenvalue weighted by Gasteiger charge is 2.15. The fourth-order valence-corrected chi connectivity index (χ4v) is 3.55. The topological polar surface area (TPSA) is 38.3 Å². The van der Waals surface area contributed by atoms with Crippen molar-refractivity contribution in [3.8, 4) is 0 Å². The lowest BCUT2D eigenvalue weighted by Crippen LogP contribution is -2.43. The van der Waals surface area contributed by atoms with Crippen molar-refractivity contribution in [2.24, 2.45) is 0 Å². The van der Waals surface area contributed by atoms with Crippen LogP contribution < -0.4 is 5.32 Å². The van der Waals surface area contributed by atoms with Crippen LogP contribution in [0.25, 0.3) is 0 Å². The number of hydrogen-bond acceptors (Lipinski definition) is 2. The lowest BCUT2D eigenvalue weighted by molar-refractivity contribution is -0.890. The molecule has 0 bridgehead atoms. The minimum Gasteiger partial charge on any atom is -0.443 e. The summed E-state index contributed by atoms with van der Waals surface area (Å²) in [4.78, 5) is 11.8. The van der Waals surface area contributed by atoms with Crippen LogP contribution in [0.2, 0.25) is 0 Å². The molecule has 0 spiro atoms. The summed E-state index contributed by atoms with van der Waals surface area (Å²) in [5.41, 5.74) is 0.766. The van der Waals surface area contributed by atoms with E-state index >= 15 is 0 Å². The summed E-state index contributed by atoms with van der Waals surface area (Å²) in [5.74, 6) is 0. The van der Waals surface area contributed by atoms with Gasteiger partial charge in [0, 0.05) is 5.69 Å². The minimum atomic E-state index is -0.374. The quantitative estimate of drug-likeness (QED) is 0.223. The van der Waals surface area contributed by atoms with Crippen molar-refractivity contribution in [3.63, 3.8) is 0 Å². The molecule has 0 radical (unpaired) electrons. The number of quaternary nitrogens is 1. The number of anilines is 1. The van der Waals surface area contributed by atoms with E-state index in [1.807, 2.05) is 30.3 Å². The van der Waals surface area contributed by atoms with Crippen LogP contribution in [0.3, 0.4) is 0 Å². The first-order chi connectivity index (χ1) is 14.0. The number of likely N-dealkylation sites (N-methyl/N-ethyl adjacent to an activating group) is 1. The number of para-hydroxylation sites is 1. The Balaban J connectivity index is 1.94. The van der Waals surface area contributed by atoms with Gasteiger partial charge in [-0.05, 0) is 25.0 Å². The van der Waals surface area contributed by atoms with Crippen LogP contribution in [-0.2, 0) is 4.74 Å². The number of carbonyl (C=O) groups is 1. The molecule has 4 nitrogen and oxygen atoms in total. The van der Waals surface area contributed by atoms with Gasteiger partial charge in [-0.3, -0.25) is 5.32 Å². The molecule has 0 saturated carbocycles. The van der Waals surface area contributed by atoms with Crippen LogP contribution in [0.15, 0.2) is 30.3 Å². The summed E-state index contributed by atoms with van der Waals surface area (Å²) in [6, 6.07) is 9.42. The molecule has 0 heterocycles. The molecule has 0 aliphatic carbocycles. The van der Waals surface area contributed by atoms with E-state index < -0.39 is 0 Å². The number of benzene rings is 1. The van der Waals surface area contributed by atoms with E-state index in [4.69, 9.17) is 4.74 Å². The molecule has 1 aromatic rings. The number of rotatable bonds is 17. The van der Waals surface area contributed by atoms with E-state index in [2.05, 4.69) is 26.3 Å². The Morgan fingerprint density at radius 3 is 1.86 bits per heavy atom. The lowest BCUT2D eigenvalue weighted by Gasteiger charge is -2.29. The molecular formula is C25H45N2O2+. The van der Waals surface area contributed by atoms with Gasteiger partial charge < -0.3 is 9.22 Å². The maximum atomic E-state index is 11.8. The van der Waals surface area contributed by atoms with Gasteiger partial charge >= 0.3 is 6.09 Å². The Morgan fingerprint density at radius 1 is 0.793 bits per heavy atom. The molecule has 1 amide bonds. The molecule has 0 unspecified atom stereocenters. The van der Waals surface area contributed by atoms with E-state index in [9.17, 15) is 4.79 Å². The van der Waals surface area contributed by atoms with E-state index in [1.165, 1.54) is 77.0 Å². The third-order valence-electron chi connectivity index (χ3n) is 5.57. The van der Waals surface area contributed by atoms with Gasteiger partial charge in [-0.25, -0.2) is 4.79 Å². The zero-order chi connectivity index (χ0) is 21.2. The number of nitrogens with zero attached hydrogens (tertiary/aromatic N) is 1. The Labute approximate surface area is 179 Å². The molecule has 29 heavy (non-hydrogen) atoms. The SMILES string of the molecule is CCCCCCCCCCCCCC[N+](C)(C)CCOC(=O)Nc1ccccc1. The molecule has 0 fully saturated rings. The number of nitrogens with one attached hydrogen (secondary N) is 1. The maximum Gasteiger partial charge on any atom is 0.411 e. The zero-order valence-corrected chi connectivity index (χ0v) is 19.3. The van der Waals surface area contributed by atoms with Gasteiger partial charge in [0.15, 0.2) is 0 Å². The van der Waals surface area contributed by atoms with Gasteiger partial charge in [-0.1, -0.05) is 89.3 Å². The number of hydrogen-bond donors (Lipinski definition) is 1. The van der Waals surface area contributed by atoms with Gasteiger partial charge in [0.2, 0.25) is 0 Å². The summed E-state index contributed by atoms with van der Waals surface area (Å²) in [6.07, 6.45) is 16.2. The maximum absolute atomic E-state index is 11.8. The highest BCUT2D eigenvalue weighted by molar-refractivity contribution is 5.84. The van der Waals surface area contributed by atoms with Gasteiger partial charge in [0.05, 0.1) is 20.6 Å². The van der Waals surface area contributed by atoms with Crippen molar-refractivity contribution in [1.82, 2.24) is 0 Å². The number of carbonyl (C=O) groups excluding carboxylic acids is 1. The second-order valence-corrected chi connectivity index (χ2v) is 8.90. The van der Waals surface area contributed by atoms with Crippen LogP contribution in [0.4, 0.5) is 10.5 Å². The molecule has 4 heteroatoms.